The van der Waals surface area contributed by atoms with Gasteiger partial charge in [0.15, 0.2) is 11.5 Å². The quantitative estimate of drug-likeness (QED) is 0.820. The van der Waals surface area contributed by atoms with Crippen molar-refractivity contribution < 1.29 is 14.3 Å². The van der Waals surface area contributed by atoms with Gasteiger partial charge in [-0.05, 0) is 25.0 Å². The number of fused-ring (bicyclic) bond motifs is 1. The third-order valence-corrected chi connectivity index (χ3v) is 3.07. The second kappa shape index (κ2) is 6.45. The standard InChI is InChI=1S/C15H21NO3/c1-3-8-16(9-4-2)15(17)12-6-5-7-13-14(12)19-11-10-18-13/h5-7H,3-4,8-11H2,1-2H3. The average Bonchev–Trinajstić information content (AvgIpc) is 2.46. The highest BCUT2D eigenvalue weighted by Gasteiger charge is 2.23. The van der Waals surface area contributed by atoms with Gasteiger partial charge in [0.1, 0.15) is 13.2 Å². The van der Waals surface area contributed by atoms with E-state index in [0.29, 0.717) is 30.3 Å². The highest BCUT2D eigenvalue weighted by Crippen LogP contribution is 2.34. The van der Waals surface area contributed by atoms with Crippen LogP contribution in [0.4, 0.5) is 0 Å². The minimum atomic E-state index is 0.0334. The van der Waals surface area contributed by atoms with Crippen molar-refractivity contribution in [2.45, 2.75) is 26.7 Å². The summed E-state index contributed by atoms with van der Waals surface area (Å²) in [5.41, 5.74) is 0.610. The van der Waals surface area contributed by atoms with Gasteiger partial charge in [0.2, 0.25) is 0 Å². The molecule has 4 nitrogen and oxygen atoms in total. The van der Waals surface area contributed by atoms with E-state index < -0.39 is 0 Å². The Morgan fingerprint density at radius 1 is 1.16 bits per heavy atom. The Morgan fingerprint density at radius 2 is 1.84 bits per heavy atom. The molecule has 1 aliphatic rings. The smallest absolute Gasteiger partial charge is 0.257 e. The summed E-state index contributed by atoms with van der Waals surface area (Å²) in [7, 11) is 0. The Labute approximate surface area is 114 Å². The zero-order chi connectivity index (χ0) is 13.7. The number of ether oxygens (including phenoxy) is 2. The van der Waals surface area contributed by atoms with Crippen molar-refractivity contribution in [1.82, 2.24) is 4.90 Å². The van der Waals surface area contributed by atoms with Gasteiger partial charge in [0, 0.05) is 13.1 Å². The van der Waals surface area contributed by atoms with Crippen LogP contribution in [-0.2, 0) is 0 Å². The second-order valence-electron chi connectivity index (χ2n) is 4.62. The summed E-state index contributed by atoms with van der Waals surface area (Å²) in [5.74, 6) is 1.30. The van der Waals surface area contributed by atoms with Crippen LogP contribution >= 0.6 is 0 Å². The van der Waals surface area contributed by atoms with Crippen LogP contribution in [-0.4, -0.2) is 37.1 Å². The number of benzene rings is 1. The van der Waals surface area contributed by atoms with Crippen LogP contribution in [0.25, 0.3) is 0 Å². The molecular weight excluding hydrogens is 242 g/mol. The van der Waals surface area contributed by atoms with E-state index in [9.17, 15) is 4.79 Å². The van der Waals surface area contributed by atoms with Crippen LogP contribution in [0.3, 0.4) is 0 Å². The molecule has 1 heterocycles. The third-order valence-electron chi connectivity index (χ3n) is 3.07. The molecule has 0 spiro atoms. The molecule has 1 aromatic rings. The predicted molar refractivity (Wildman–Crippen MR) is 73.9 cm³/mol. The first-order valence-corrected chi connectivity index (χ1v) is 6.95. The van der Waals surface area contributed by atoms with Crippen molar-refractivity contribution in [2.24, 2.45) is 0 Å². The molecule has 19 heavy (non-hydrogen) atoms. The molecular formula is C15H21NO3. The lowest BCUT2D eigenvalue weighted by atomic mass is 10.1. The maximum atomic E-state index is 12.6. The molecule has 0 aliphatic carbocycles. The van der Waals surface area contributed by atoms with Crippen LogP contribution < -0.4 is 9.47 Å². The third kappa shape index (κ3) is 3.00. The van der Waals surface area contributed by atoms with E-state index in [4.69, 9.17) is 9.47 Å². The first-order chi connectivity index (χ1) is 9.27. The van der Waals surface area contributed by atoms with Crippen LogP contribution in [0.2, 0.25) is 0 Å². The van der Waals surface area contributed by atoms with Gasteiger partial charge in [0.25, 0.3) is 5.91 Å². The fraction of sp³-hybridized carbons (Fsp3) is 0.533. The molecule has 0 N–H and O–H groups in total. The van der Waals surface area contributed by atoms with Crippen LogP contribution in [0.15, 0.2) is 18.2 Å². The molecule has 0 unspecified atom stereocenters. The Morgan fingerprint density at radius 3 is 2.53 bits per heavy atom. The van der Waals surface area contributed by atoms with Gasteiger partial charge in [-0.2, -0.15) is 0 Å². The van der Waals surface area contributed by atoms with E-state index in [1.165, 1.54) is 0 Å². The molecule has 0 radical (unpaired) electrons. The average molecular weight is 263 g/mol. The van der Waals surface area contributed by atoms with Crippen molar-refractivity contribution in [3.63, 3.8) is 0 Å². The summed E-state index contributed by atoms with van der Waals surface area (Å²) in [5, 5.41) is 0. The Bertz CT molecular complexity index is 439. The van der Waals surface area contributed by atoms with E-state index in [1.807, 2.05) is 23.1 Å². The topological polar surface area (TPSA) is 38.8 Å². The number of hydrogen-bond acceptors (Lipinski definition) is 3. The van der Waals surface area contributed by atoms with Gasteiger partial charge in [-0.25, -0.2) is 0 Å². The lowest BCUT2D eigenvalue weighted by Gasteiger charge is -2.25. The molecule has 2 rings (SSSR count). The maximum Gasteiger partial charge on any atom is 0.257 e. The van der Waals surface area contributed by atoms with Crippen molar-refractivity contribution >= 4 is 5.91 Å². The minimum absolute atomic E-state index is 0.0334. The van der Waals surface area contributed by atoms with E-state index in [-0.39, 0.29) is 5.91 Å². The molecule has 0 saturated carbocycles. The summed E-state index contributed by atoms with van der Waals surface area (Å²) in [6.07, 6.45) is 1.91. The highest BCUT2D eigenvalue weighted by molar-refractivity contribution is 5.97. The second-order valence-corrected chi connectivity index (χ2v) is 4.62. The van der Waals surface area contributed by atoms with E-state index >= 15 is 0 Å². The number of carbonyl (C=O) groups excluding carboxylic acids is 1. The molecule has 1 aromatic carbocycles. The molecule has 1 amide bonds. The molecule has 104 valence electrons. The summed E-state index contributed by atoms with van der Waals surface area (Å²) >= 11 is 0. The first kappa shape index (κ1) is 13.7. The van der Waals surface area contributed by atoms with Gasteiger partial charge in [-0.15, -0.1) is 0 Å². The number of hydrogen-bond donors (Lipinski definition) is 0. The van der Waals surface area contributed by atoms with Crippen LogP contribution in [0.5, 0.6) is 11.5 Å². The molecule has 0 aromatic heterocycles. The number of nitrogens with zero attached hydrogens (tertiary/aromatic N) is 1. The molecule has 0 saturated heterocycles. The summed E-state index contributed by atoms with van der Waals surface area (Å²) in [6.45, 7) is 6.75. The minimum Gasteiger partial charge on any atom is -0.486 e. The highest BCUT2D eigenvalue weighted by atomic mass is 16.6. The SMILES string of the molecule is CCCN(CCC)C(=O)c1cccc2c1OCCO2. The summed E-state index contributed by atoms with van der Waals surface area (Å²) < 4.78 is 11.1. The normalized spacial score (nSPS) is 13.2. The van der Waals surface area contributed by atoms with Crippen molar-refractivity contribution in [3.05, 3.63) is 23.8 Å². The lowest BCUT2D eigenvalue weighted by Crippen LogP contribution is -2.33. The monoisotopic (exact) mass is 263 g/mol. The van der Waals surface area contributed by atoms with E-state index in [2.05, 4.69) is 13.8 Å². The molecule has 1 aliphatic heterocycles. The predicted octanol–water partition coefficient (Wildman–Crippen LogP) is 2.72. The summed E-state index contributed by atoms with van der Waals surface area (Å²) in [6, 6.07) is 5.50. The van der Waals surface area contributed by atoms with E-state index in [1.54, 1.807) is 0 Å². The number of para-hydroxylation sites is 1. The van der Waals surface area contributed by atoms with Gasteiger partial charge in [0.05, 0.1) is 5.56 Å². The maximum absolute atomic E-state index is 12.6. The zero-order valence-electron chi connectivity index (χ0n) is 11.6. The van der Waals surface area contributed by atoms with Gasteiger partial charge >= 0.3 is 0 Å². The first-order valence-electron chi connectivity index (χ1n) is 6.95. The van der Waals surface area contributed by atoms with Gasteiger partial charge in [-0.1, -0.05) is 19.9 Å². The van der Waals surface area contributed by atoms with Crippen molar-refractivity contribution in [2.75, 3.05) is 26.3 Å². The Kier molecular flexibility index (Phi) is 4.66. The number of amides is 1. The number of rotatable bonds is 5. The zero-order valence-corrected chi connectivity index (χ0v) is 11.6. The fourth-order valence-corrected chi connectivity index (χ4v) is 2.27. The summed E-state index contributed by atoms with van der Waals surface area (Å²) in [4.78, 5) is 14.5. The fourth-order valence-electron chi connectivity index (χ4n) is 2.27. The van der Waals surface area contributed by atoms with Crippen molar-refractivity contribution in [3.8, 4) is 11.5 Å². The Balaban J connectivity index is 2.27. The largest absolute Gasteiger partial charge is 0.486 e. The van der Waals surface area contributed by atoms with Crippen LogP contribution in [0.1, 0.15) is 37.0 Å². The Hall–Kier alpha value is -1.71. The lowest BCUT2D eigenvalue weighted by molar-refractivity contribution is 0.0745. The van der Waals surface area contributed by atoms with Crippen LogP contribution in [0, 0.1) is 0 Å². The van der Waals surface area contributed by atoms with E-state index in [0.717, 1.165) is 25.9 Å². The molecule has 4 heteroatoms. The molecule has 0 atom stereocenters. The molecule has 0 bridgehead atoms. The van der Waals surface area contributed by atoms with Gasteiger partial charge < -0.3 is 14.4 Å². The van der Waals surface area contributed by atoms with Gasteiger partial charge in [-0.3, -0.25) is 4.79 Å². The number of carbonyl (C=O) groups is 1. The van der Waals surface area contributed by atoms with Crippen molar-refractivity contribution in [1.29, 1.82) is 0 Å². The molecule has 0 fully saturated rings.